The molecular formula is C10H16N4O2S. The number of hydrogen-bond donors (Lipinski definition) is 1. The van der Waals surface area contributed by atoms with Crippen molar-refractivity contribution < 1.29 is 8.42 Å². The van der Waals surface area contributed by atoms with E-state index in [1.165, 1.54) is 0 Å². The van der Waals surface area contributed by atoms with Gasteiger partial charge in [-0.05, 0) is 13.0 Å². The van der Waals surface area contributed by atoms with E-state index in [0.29, 0.717) is 11.6 Å². The van der Waals surface area contributed by atoms with Crippen molar-refractivity contribution in [3.05, 3.63) is 29.4 Å². The van der Waals surface area contributed by atoms with Gasteiger partial charge in [-0.15, -0.1) is 0 Å². The number of sulfonamides is 1. The fraction of sp³-hybridized carbons (Fsp3) is 0.400. The predicted octanol–water partition coefficient (Wildman–Crippen LogP) is 0.414. The van der Waals surface area contributed by atoms with Crippen LogP contribution in [-0.4, -0.2) is 32.5 Å². The summed E-state index contributed by atoms with van der Waals surface area (Å²) in [7, 11) is 0.228. The Bertz CT molecular complexity index is 511. The summed E-state index contributed by atoms with van der Waals surface area (Å²) >= 11 is 0. The monoisotopic (exact) mass is 256 g/mol. The number of hydrogen-bond acceptors (Lipinski definition) is 5. The second-order valence-corrected chi connectivity index (χ2v) is 5.44. The van der Waals surface area contributed by atoms with Crippen molar-refractivity contribution in [1.29, 1.82) is 0 Å². The van der Waals surface area contributed by atoms with Gasteiger partial charge in [0.2, 0.25) is 16.0 Å². The van der Waals surface area contributed by atoms with E-state index in [9.17, 15) is 8.42 Å². The molecule has 1 rings (SSSR count). The molecule has 0 unspecified atom stereocenters. The number of nitrogens with zero attached hydrogens (tertiary/aromatic N) is 3. The molecule has 0 bridgehead atoms. The Morgan fingerprint density at radius 2 is 2.12 bits per heavy atom. The first-order chi connectivity index (χ1) is 7.84. The smallest absolute Gasteiger partial charge is 0.233 e. The van der Waals surface area contributed by atoms with Gasteiger partial charge in [0, 0.05) is 25.2 Å². The molecule has 0 fully saturated rings. The van der Waals surface area contributed by atoms with Crippen LogP contribution in [-0.2, 0) is 16.6 Å². The lowest BCUT2D eigenvalue weighted by Gasteiger charge is -2.12. The SMILES string of the molecule is C=CS(=O)(=O)NCc1cc(C)nc(N(C)C)n1. The van der Waals surface area contributed by atoms with E-state index in [0.717, 1.165) is 11.1 Å². The zero-order valence-corrected chi connectivity index (χ0v) is 11.0. The normalized spacial score (nSPS) is 11.2. The number of aryl methyl sites for hydroxylation is 1. The summed E-state index contributed by atoms with van der Waals surface area (Å²) in [5.41, 5.74) is 1.41. The summed E-state index contributed by atoms with van der Waals surface area (Å²) in [6.45, 7) is 5.17. The average molecular weight is 256 g/mol. The minimum Gasteiger partial charge on any atom is -0.347 e. The third-order valence-corrected chi connectivity index (χ3v) is 2.95. The highest BCUT2D eigenvalue weighted by Gasteiger charge is 2.07. The summed E-state index contributed by atoms with van der Waals surface area (Å²) < 4.78 is 24.8. The topological polar surface area (TPSA) is 75.2 Å². The van der Waals surface area contributed by atoms with Gasteiger partial charge in [-0.2, -0.15) is 0 Å². The lowest BCUT2D eigenvalue weighted by molar-refractivity contribution is 0.589. The highest BCUT2D eigenvalue weighted by atomic mass is 32.2. The molecule has 0 aromatic carbocycles. The lowest BCUT2D eigenvalue weighted by atomic mass is 10.3. The van der Waals surface area contributed by atoms with Crippen molar-refractivity contribution in [2.24, 2.45) is 0 Å². The Hall–Kier alpha value is -1.47. The third-order valence-electron chi connectivity index (χ3n) is 1.97. The van der Waals surface area contributed by atoms with Gasteiger partial charge >= 0.3 is 0 Å². The van der Waals surface area contributed by atoms with E-state index in [4.69, 9.17) is 0 Å². The maximum Gasteiger partial charge on any atom is 0.233 e. The van der Waals surface area contributed by atoms with Crippen molar-refractivity contribution >= 4 is 16.0 Å². The summed E-state index contributed by atoms with van der Waals surface area (Å²) in [5, 5.41) is 0.869. The molecule has 0 saturated heterocycles. The molecule has 0 aliphatic carbocycles. The van der Waals surface area contributed by atoms with Crippen LogP contribution < -0.4 is 9.62 Å². The Morgan fingerprint density at radius 3 is 2.65 bits per heavy atom. The molecule has 17 heavy (non-hydrogen) atoms. The van der Waals surface area contributed by atoms with Crippen molar-refractivity contribution in [3.63, 3.8) is 0 Å². The second-order valence-electron chi connectivity index (χ2n) is 3.73. The lowest BCUT2D eigenvalue weighted by Crippen LogP contribution is -2.22. The van der Waals surface area contributed by atoms with Crippen molar-refractivity contribution in [2.45, 2.75) is 13.5 Å². The van der Waals surface area contributed by atoms with Crippen LogP contribution in [0, 0.1) is 6.92 Å². The van der Waals surface area contributed by atoms with Gasteiger partial charge in [-0.3, -0.25) is 0 Å². The molecule has 0 aliphatic rings. The van der Waals surface area contributed by atoms with Gasteiger partial charge in [-0.25, -0.2) is 23.1 Å². The van der Waals surface area contributed by atoms with Crippen LogP contribution >= 0.6 is 0 Å². The number of rotatable bonds is 5. The molecule has 0 atom stereocenters. The van der Waals surface area contributed by atoms with E-state index in [1.54, 1.807) is 11.0 Å². The largest absolute Gasteiger partial charge is 0.347 e. The van der Waals surface area contributed by atoms with E-state index in [2.05, 4.69) is 21.3 Å². The van der Waals surface area contributed by atoms with Gasteiger partial charge in [0.1, 0.15) is 0 Å². The van der Waals surface area contributed by atoms with Crippen LogP contribution in [0.15, 0.2) is 18.1 Å². The number of nitrogens with one attached hydrogen (secondary N) is 1. The second kappa shape index (κ2) is 5.24. The van der Waals surface area contributed by atoms with Crippen LogP contribution in [0.4, 0.5) is 5.95 Å². The first-order valence-corrected chi connectivity index (χ1v) is 6.52. The summed E-state index contributed by atoms with van der Waals surface area (Å²) in [4.78, 5) is 10.2. The average Bonchev–Trinajstić information content (AvgIpc) is 2.26. The molecule has 1 heterocycles. The Labute approximate surface area is 101 Å². The summed E-state index contributed by atoms with van der Waals surface area (Å²) in [6.07, 6.45) is 0. The Morgan fingerprint density at radius 1 is 1.47 bits per heavy atom. The van der Waals surface area contributed by atoms with Gasteiger partial charge in [0.25, 0.3) is 0 Å². The van der Waals surface area contributed by atoms with Crippen LogP contribution in [0.5, 0.6) is 0 Å². The molecule has 7 heteroatoms. The van der Waals surface area contributed by atoms with E-state index < -0.39 is 10.0 Å². The first kappa shape index (κ1) is 13.6. The van der Waals surface area contributed by atoms with Crippen LogP contribution in [0.1, 0.15) is 11.4 Å². The zero-order valence-electron chi connectivity index (χ0n) is 10.1. The van der Waals surface area contributed by atoms with Gasteiger partial charge in [0.15, 0.2) is 0 Å². The van der Waals surface area contributed by atoms with Crippen LogP contribution in [0.25, 0.3) is 0 Å². The zero-order chi connectivity index (χ0) is 13.1. The van der Waals surface area contributed by atoms with E-state index >= 15 is 0 Å². The third kappa shape index (κ3) is 4.12. The molecule has 0 radical (unpaired) electrons. The molecule has 1 aromatic heterocycles. The summed E-state index contributed by atoms with van der Waals surface area (Å²) in [6, 6.07) is 1.73. The molecule has 0 aliphatic heterocycles. The van der Waals surface area contributed by atoms with E-state index in [1.807, 2.05) is 21.0 Å². The Balaban J connectivity index is 2.89. The maximum absolute atomic E-state index is 11.2. The van der Waals surface area contributed by atoms with Crippen molar-refractivity contribution in [2.75, 3.05) is 19.0 Å². The fourth-order valence-corrected chi connectivity index (χ4v) is 1.61. The predicted molar refractivity (Wildman–Crippen MR) is 67.1 cm³/mol. The molecule has 94 valence electrons. The molecule has 1 aromatic rings. The molecular weight excluding hydrogens is 240 g/mol. The summed E-state index contributed by atoms with van der Waals surface area (Å²) in [5.74, 6) is 0.554. The highest BCUT2D eigenvalue weighted by Crippen LogP contribution is 2.07. The molecule has 0 amide bonds. The first-order valence-electron chi connectivity index (χ1n) is 4.98. The minimum atomic E-state index is -3.42. The number of aromatic nitrogens is 2. The van der Waals surface area contributed by atoms with Gasteiger partial charge in [-0.1, -0.05) is 6.58 Å². The van der Waals surface area contributed by atoms with Crippen LogP contribution in [0.3, 0.4) is 0 Å². The van der Waals surface area contributed by atoms with Crippen LogP contribution in [0.2, 0.25) is 0 Å². The van der Waals surface area contributed by atoms with Crippen molar-refractivity contribution in [1.82, 2.24) is 14.7 Å². The molecule has 1 N–H and O–H groups in total. The number of anilines is 1. The maximum atomic E-state index is 11.2. The standard InChI is InChI=1S/C10H16N4O2S/c1-5-17(15,16)11-7-9-6-8(2)12-10(13-9)14(3)4/h5-6,11H,1,7H2,2-4H3. The molecule has 0 spiro atoms. The van der Waals surface area contributed by atoms with Gasteiger partial charge < -0.3 is 4.90 Å². The quantitative estimate of drug-likeness (QED) is 0.826. The highest BCUT2D eigenvalue weighted by molar-refractivity contribution is 7.92. The van der Waals surface area contributed by atoms with Crippen molar-refractivity contribution in [3.8, 4) is 0 Å². The van der Waals surface area contributed by atoms with E-state index in [-0.39, 0.29) is 6.54 Å². The van der Waals surface area contributed by atoms with Gasteiger partial charge in [0.05, 0.1) is 12.2 Å². The molecule has 0 saturated carbocycles. The molecule has 6 nitrogen and oxygen atoms in total. The minimum absolute atomic E-state index is 0.124. The Kier molecular flexibility index (Phi) is 4.19. The fourth-order valence-electron chi connectivity index (χ4n) is 1.14.